The summed E-state index contributed by atoms with van der Waals surface area (Å²) in [4.78, 5) is 0. The molecule has 44 valence electrons. The van der Waals surface area contributed by atoms with Gasteiger partial charge in [-0.15, -0.1) is 0 Å². The van der Waals surface area contributed by atoms with Crippen molar-refractivity contribution in [1.82, 2.24) is 0 Å². The molecule has 0 spiro atoms. The summed E-state index contributed by atoms with van der Waals surface area (Å²) in [6.45, 7) is 0. The largest absolute Gasteiger partial charge is 0.576 e. The first-order valence-corrected chi connectivity index (χ1v) is 3.06. The zero-order chi connectivity index (χ0) is 5.70. The molecule has 0 saturated heterocycles. The monoisotopic (exact) mass is 160 g/mol. The van der Waals surface area contributed by atoms with Crippen LogP contribution in [0.25, 0.3) is 0 Å². The molecule has 3 nitrogen and oxygen atoms in total. The van der Waals surface area contributed by atoms with Crippen LogP contribution in [0.15, 0.2) is 0 Å². The molecule has 0 atom stereocenters. The third kappa shape index (κ3) is 5.86. The normalized spacial score (nSPS) is 9.00. The predicted octanol–water partition coefficient (Wildman–Crippen LogP) is -0.470. The summed E-state index contributed by atoms with van der Waals surface area (Å²) >= 11 is 0. The summed E-state index contributed by atoms with van der Waals surface area (Å²) in [5, 5.41) is 0. The number of hydrogen-bond donors (Lipinski definition) is 0. The fourth-order valence-electron chi connectivity index (χ4n) is 0.250. The topological polar surface area (TPSA) is 27.7 Å². The molecule has 5 heteroatoms. The van der Waals surface area contributed by atoms with E-state index in [1.54, 1.807) is 21.3 Å². The van der Waals surface area contributed by atoms with Gasteiger partial charge in [-0.25, -0.2) is 0 Å². The van der Waals surface area contributed by atoms with Gasteiger partial charge < -0.3 is 13.3 Å². The van der Waals surface area contributed by atoms with Crippen molar-refractivity contribution in [2.45, 2.75) is 0 Å². The van der Waals surface area contributed by atoms with Gasteiger partial charge in [-0.3, -0.25) is 0 Å². The molecule has 2 radical (unpaired) electrons. The van der Waals surface area contributed by atoms with E-state index in [2.05, 4.69) is 0 Å². The van der Waals surface area contributed by atoms with Crippen LogP contribution in [0.1, 0.15) is 0 Å². The summed E-state index contributed by atoms with van der Waals surface area (Å²) in [5.41, 5.74) is 0. The van der Waals surface area contributed by atoms with E-state index in [1.807, 2.05) is 0 Å². The van der Waals surface area contributed by atoms with E-state index < -0.39 is 9.53 Å². The van der Waals surface area contributed by atoms with Crippen LogP contribution in [0.5, 0.6) is 0 Å². The van der Waals surface area contributed by atoms with Crippen molar-refractivity contribution >= 4 is 60.9 Å². The Bertz CT molecular complexity index is 36.0. The van der Waals surface area contributed by atoms with Crippen LogP contribution in [0.2, 0.25) is 0 Å². The Morgan fingerprint density at radius 3 is 1.12 bits per heavy atom. The SMILES string of the molecule is CO[Si](OC)OC.[K]. The third-order valence-electron chi connectivity index (χ3n) is 0.500. The minimum atomic E-state index is -1.36. The van der Waals surface area contributed by atoms with Crippen LogP contribution < -0.4 is 0 Å². The van der Waals surface area contributed by atoms with Gasteiger partial charge in [0.05, 0.1) is 0 Å². The Kier molecular flexibility index (Phi) is 13.6. The van der Waals surface area contributed by atoms with Gasteiger partial charge in [-0.05, 0) is 0 Å². The molecule has 0 aliphatic heterocycles. The van der Waals surface area contributed by atoms with E-state index in [-0.39, 0.29) is 51.4 Å². The van der Waals surface area contributed by atoms with Gasteiger partial charge in [-0.1, -0.05) is 0 Å². The Balaban J connectivity index is 0. The van der Waals surface area contributed by atoms with Gasteiger partial charge in [0, 0.05) is 72.7 Å². The van der Waals surface area contributed by atoms with Crippen molar-refractivity contribution in [1.29, 1.82) is 0 Å². The van der Waals surface area contributed by atoms with Crippen molar-refractivity contribution in [2.75, 3.05) is 21.3 Å². The van der Waals surface area contributed by atoms with Gasteiger partial charge in [0.2, 0.25) is 0 Å². The smallest absolute Gasteiger partial charge is 0.375 e. The molecule has 0 saturated carbocycles. The predicted molar refractivity (Wildman–Crippen MR) is 32.5 cm³/mol. The Morgan fingerprint density at radius 2 is 1.12 bits per heavy atom. The Hall–Kier alpha value is 1.73. The van der Waals surface area contributed by atoms with Gasteiger partial charge in [0.15, 0.2) is 0 Å². The molecule has 0 unspecified atom stereocenters. The summed E-state index contributed by atoms with van der Waals surface area (Å²) in [7, 11) is 3.31. The molecule has 0 N–H and O–H groups in total. The molecule has 8 heavy (non-hydrogen) atoms. The first kappa shape index (κ1) is 12.4. The van der Waals surface area contributed by atoms with Crippen LogP contribution in [-0.2, 0) is 13.3 Å². The molecule has 0 aliphatic rings. The summed E-state index contributed by atoms with van der Waals surface area (Å²) in [6, 6.07) is 0. The molecule has 0 rings (SSSR count). The minimum absolute atomic E-state index is 0. The second-order valence-electron chi connectivity index (χ2n) is 0.862. The maximum atomic E-state index is 4.71. The molecule has 0 amide bonds. The zero-order valence-corrected chi connectivity index (χ0v) is 9.85. The van der Waals surface area contributed by atoms with Crippen molar-refractivity contribution in [3.05, 3.63) is 0 Å². The third-order valence-corrected chi connectivity index (χ3v) is 1.50. The van der Waals surface area contributed by atoms with Crippen molar-refractivity contribution in [3.63, 3.8) is 0 Å². The first-order chi connectivity index (χ1) is 3.35. The second-order valence-corrected chi connectivity index (χ2v) is 2.59. The molecule has 0 bridgehead atoms. The Morgan fingerprint density at radius 1 is 0.875 bits per heavy atom. The quantitative estimate of drug-likeness (QED) is 0.522. The first-order valence-electron chi connectivity index (χ1n) is 1.84. The number of hydrogen-bond acceptors (Lipinski definition) is 3. The standard InChI is InChI=1S/C3H9O3Si.K/c1-4-7(5-2)6-3;/h1-3H3;. The van der Waals surface area contributed by atoms with Gasteiger partial charge in [-0.2, -0.15) is 0 Å². The zero-order valence-electron chi connectivity index (χ0n) is 5.72. The fourth-order valence-corrected chi connectivity index (χ4v) is 0.750. The van der Waals surface area contributed by atoms with E-state index in [9.17, 15) is 0 Å². The second kappa shape index (κ2) is 8.73. The van der Waals surface area contributed by atoms with Gasteiger partial charge >= 0.3 is 9.53 Å². The molecule has 0 aromatic rings. The van der Waals surface area contributed by atoms with Crippen LogP contribution in [-0.4, -0.2) is 82.2 Å². The van der Waals surface area contributed by atoms with Crippen LogP contribution in [0, 0.1) is 0 Å². The maximum Gasteiger partial charge on any atom is 0.576 e. The van der Waals surface area contributed by atoms with Gasteiger partial charge in [0.25, 0.3) is 0 Å². The van der Waals surface area contributed by atoms with Crippen molar-refractivity contribution in [2.24, 2.45) is 0 Å². The average Bonchev–Trinajstić information content (AvgIpc) is 1.72. The summed E-state index contributed by atoms with van der Waals surface area (Å²) in [6.07, 6.45) is 0. The molecule has 0 aromatic heterocycles. The van der Waals surface area contributed by atoms with Crippen molar-refractivity contribution in [3.8, 4) is 0 Å². The Labute approximate surface area is 94.1 Å². The molecule has 0 aromatic carbocycles. The van der Waals surface area contributed by atoms with Crippen LogP contribution in [0.4, 0.5) is 0 Å². The van der Waals surface area contributed by atoms with E-state index in [4.69, 9.17) is 13.3 Å². The van der Waals surface area contributed by atoms with Crippen LogP contribution in [0.3, 0.4) is 0 Å². The molecule has 0 aliphatic carbocycles. The van der Waals surface area contributed by atoms with E-state index in [0.717, 1.165) is 0 Å². The van der Waals surface area contributed by atoms with E-state index in [0.29, 0.717) is 0 Å². The maximum absolute atomic E-state index is 4.71. The minimum Gasteiger partial charge on any atom is -0.375 e. The van der Waals surface area contributed by atoms with Crippen LogP contribution >= 0.6 is 0 Å². The summed E-state index contributed by atoms with van der Waals surface area (Å²) in [5.74, 6) is 0. The van der Waals surface area contributed by atoms with Gasteiger partial charge in [0.1, 0.15) is 0 Å². The molecule has 0 fully saturated rings. The molecular formula is C3H9KO3Si. The van der Waals surface area contributed by atoms with E-state index in [1.165, 1.54) is 0 Å². The van der Waals surface area contributed by atoms with Crippen molar-refractivity contribution < 1.29 is 13.3 Å². The molecular weight excluding hydrogens is 151 g/mol. The average molecular weight is 160 g/mol. The summed E-state index contributed by atoms with van der Waals surface area (Å²) < 4.78 is 14.1. The fraction of sp³-hybridized carbons (Fsp3) is 1.00. The molecule has 0 heterocycles. The van der Waals surface area contributed by atoms with E-state index >= 15 is 0 Å². The number of rotatable bonds is 3.